The number of allylic oxidation sites excluding steroid dienone is 1. The van der Waals surface area contributed by atoms with Crippen molar-refractivity contribution in [2.24, 2.45) is 0 Å². The van der Waals surface area contributed by atoms with Crippen LogP contribution in [-0.4, -0.2) is 18.6 Å². The Bertz CT molecular complexity index is 544. The van der Waals surface area contributed by atoms with E-state index in [9.17, 15) is 4.39 Å². The Balaban J connectivity index is 2.63. The Kier molecular flexibility index (Phi) is 3.92. The summed E-state index contributed by atoms with van der Waals surface area (Å²) in [6, 6.07) is 4.00. The van der Waals surface area contributed by atoms with E-state index in [0.29, 0.717) is 12.6 Å². The maximum atomic E-state index is 14.3. The average Bonchev–Trinajstić information content (AvgIpc) is 2.29. The maximum absolute atomic E-state index is 14.3. The van der Waals surface area contributed by atoms with Gasteiger partial charge in [0.1, 0.15) is 5.82 Å². The molecular weight excluding hydrogens is 251 g/mol. The lowest BCUT2D eigenvalue weighted by molar-refractivity contribution is 0.504. The number of hydrogen-bond donors (Lipinski definition) is 1. The first-order valence-corrected chi connectivity index (χ1v) is 7.24. The Hall–Kier alpha value is -1.35. The second-order valence-corrected chi connectivity index (χ2v) is 6.44. The van der Waals surface area contributed by atoms with Crippen LogP contribution in [0.3, 0.4) is 0 Å². The van der Waals surface area contributed by atoms with Crippen LogP contribution >= 0.6 is 0 Å². The van der Waals surface area contributed by atoms with Crippen molar-refractivity contribution >= 4 is 11.3 Å². The van der Waals surface area contributed by atoms with Crippen molar-refractivity contribution in [3.63, 3.8) is 0 Å². The molecule has 0 atom stereocenters. The summed E-state index contributed by atoms with van der Waals surface area (Å²) in [6.07, 6.45) is 2.27. The first-order valence-electron chi connectivity index (χ1n) is 7.24. The van der Waals surface area contributed by atoms with Gasteiger partial charge in [0.15, 0.2) is 0 Å². The predicted octanol–water partition coefficient (Wildman–Crippen LogP) is 3.96. The second-order valence-electron chi connectivity index (χ2n) is 6.44. The lowest BCUT2D eigenvalue weighted by Gasteiger charge is -2.46. The summed E-state index contributed by atoms with van der Waals surface area (Å²) >= 11 is 0. The highest BCUT2D eigenvalue weighted by atomic mass is 19.1. The molecule has 110 valence electrons. The zero-order valence-corrected chi connectivity index (χ0v) is 13.3. The molecule has 1 N–H and O–H groups in total. The van der Waals surface area contributed by atoms with Gasteiger partial charge in [-0.05, 0) is 59.4 Å². The topological polar surface area (TPSA) is 15.3 Å². The zero-order chi connectivity index (χ0) is 15.1. The summed E-state index contributed by atoms with van der Waals surface area (Å²) in [7, 11) is 1.84. The molecule has 2 nitrogen and oxygen atoms in total. The van der Waals surface area contributed by atoms with Crippen LogP contribution in [0, 0.1) is 5.82 Å². The van der Waals surface area contributed by atoms with Gasteiger partial charge in [-0.3, -0.25) is 0 Å². The number of anilines is 1. The molecule has 0 aromatic heterocycles. The third-order valence-corrected chi connectivity index (χ3v) is 3.92. The number of benzene rings is 1. The van der Waals surface area contributed by atoms with E-state index in [4.69, 9.17) is 0 Å². The number of rotatable bonds is 3. The highest BCUT2D eigenvalue weighted by Gasteiger charge is 2.33. The molecule has 1 aliphatic rings. The van der Waals surface area contributed by atoms with Gasteiger partial charge in [0.05, 0.1) is 5.54 Å². The molecule has 1 heterocycles. The average molecular weight is 276 g/mol. The first kappa shape index (κ1) is 15.0. The number of nitrogens with zero attached hydrogens (tertiary/aromatic N) is 1. The minimum atomic E-state index is -0.130. The van der Waals surface area contributed by atoms with Crippen molar-refractivity contribution in [3.05, 3.63) is 35.2 Å². The molecule has 0 fully saturated rings. The predicted molar refractivity (Wildman–Crippen MR) is 84.5 cm³/mol. The lowest BCUT2D eigenvalue weighted by Crippen LogP contribution is -2.49. The molecule has 1 aromatic rings. The summed E-state index contributed by atoms with van der Waals surface area (Å²) in [5.41, 5.74) is 4.00. The van der Waals surface area contributed by atoms with Gasteiger partial charge in [-0.2, -0.15) is 0 Å². The number of fused-ring (bicyclic) bond motifs is 1. The van der Waals surface area contributed by atoms with E-state index in [1.807, 2.05) is 13.1 Å². The van der Waals surface area contributed by atoms with Crippen molar-refractivity contribution < 1.29 is 4.39 Å². The summed E-state index contributed by atoms with van der Waals surface area (Å²) < 4.78 is 14.3. The third kappa shape index (κ3) is 2.47. The van der Waals surface area contributed by atoms with Gasteiger partial charge < -0.3 is 10.2 Å². The van der Waals surface area contributed by atoms with Gasteiger partial charge in [-0.1, -0.05) is 6.08 Å². The molecular formula is C17H25FN2. The molecule has 0 spiro atoms. The second kappa shape index (κ2) is 5.21. The highest BCUT2D eigenvalue weighted by Crippen LogP contribution is 2.41. The lowest BCUT2D eigenvalue weighted by atomic mass is 9.86. The van der Waals surface area contributed by atoms with Crippen molar-refractivity contribution in [1.29, 1.82) is 0 Å². The number of nitrogens with one attached hydrogen (secondary N) is 1. The van der Waals surface area contributed by atoms with Gasteiger partial charge in [0.25, 0.3) is 0 Å². The molecule has 0 unspecified atom stereocenters. The Morgan fingerprint density at radius 3 is 2.50 bits per heavy atom. The van der Waals surface area contributed by atoms with Gasteiger partial charge in [0, 0.05) is 29.4 Å². The quantitative estimate of drug-likeness (QED) is 0.899. The van der Waals surface area contributed by atoms with Crippen LogP contribution in [0.5, 0.6) is 0 Å². The number of hydrogen-bond acceptors (Lipinski definition) is 2. The first-order chi connectivity index (χ1) is 9.27. The van der Waals surface area contributed by atoms with Crippen molar-refractivity contribution in [3.8, 4) is 0 Å². The molecule has 0 bridgehead atoms. The molecule has 2 rings (SSSR count). The molecule has 0 saturated carbocycles. The fourth-order valence-electron chi connectivity index (χ4n) is 3.38. The van der Waals surface area contributed by atoms with Crippen LogP contribution in [0.1, 0.15) is 45.7 Å². The van der Waals surface area contributed by atoms with Gasteiger partial charge >= 0.3 is 0 Å². The highest BCUT2D eigenvalue weighted by molar-refractivity contribution is 5.81. The fourth-order valence-corrected chi connectivity index (χ4v) is 3.38. The van der Waals surface area contributed by atoms with Crippen LogP contribution in [0.2, 0.25) is 0 Å². The van der Waals surface area contributed by atoms with Crippen molar-refractivity contribution in [1.82, 2.24) is 5.32 Å². The van der Waals surface area contributed by atoms with E-state index in [-0.39, 0.29) is 11.4 Å². The third-order valence-electron chi connectivity index (χ3n) is 3.92. The molecule has 0 radical (unpaired) electrons. The van der Waals surface area contributed by atoms with Crippen LogP contribution in [-0.2, 0) is 6.54 Å². The van der Waals surface area contributed by atoms with E-state index in [0.717, 1.165) is 16.8 Å². The molecule has 0 aliphatic carbocycles. The van der Waals surface area contributed by atoms with E-state index >= 15 is 0 Å². The minimum absolute atomic E-state index is 0.0950. The van der Waals surface area contributed by atoms with E-state index < -0.39 is 0 Å². The monoisotopic (exact) mass is 276 g/mol. The van der Waals surface area contributed by atoms with Gasteiger partial charge in [-0.15, -0.1) is 0 Å². The van der Waals surface area contributed by atoms with E-state index in [1.54, 1.807) is 6.07 Å². The molecule has 3 heteroatoms. The Morgan fingerprint density at radius 1 is 1.30 bits per heavy atom. The molecule has 1 aliphatic heterocycles. The van der Waals surface area contributed by atoms with E-state index in [1.165, 1.54) is 5.57 Å². The summed E-state index contributed by atoms with van der Waals surface area (Å²) in [5, 5.41) is 3.02. The Labute approximate surface area is 121 Å². The van der Waals surface area contributed by atoms with E-state index in [2.05, 4.69) is 50.9 Å². The molecule has 1 aromatic carbocycles. The van der Waals surface area contributed by atoms with Crippen LogP contribution in [0.25, 0.3) is 5.57 Å². The Morgan fingerprint density at radius 2 is 1.95 bits per heavy atom. The van der Waals surface area contributed by atoms with Crippen LogP contribution in [0.15, 0.2) is 18.2 Å². The number of halogens is 1. The standard InChI is InChI=1S/C17H25FN2/c1-11(2)20-16-8-15(18)13(10-19-6)7-14(16)12(3)9-17(20,4)5/h7-9,11,19H,10H2,1-6H3. The fraction of sp³-hybridized carbons (Fsp3) is 0.529. The van der Waals surface area contributed by atoms with Gasteiger partial charge in [0.2, 0.25) is 0 Å². The smallest absolute Gasteiger partial charge is 0.129 e. The summed E-state index contributed by atoms with van der Waals surface area (Å²) in [5.74, 6) is -0.130. The molecule has 0 amide bonds. The summed E-state index contributed by atoms with van der Waals surface area (Å²) in [4.78, 5) is 2.29. The normalized spacial score (nSPS) is 17.2. The largest absolute Gasteiger partial charge is 0.360 e. The van der Waals surface area contributed by atoms with Gasteiger partial charge in [-0.25, -0.2) is 4.39 Å². The molecule has 0 saturated heterocycles. The zero-order valence-electron chi connectivity index (χ0n) is 13.3. The SMILES string of the molecule is CNCc1cc2c(cc1F)N(C(C)C)C(C)(C)C=C2C. The minimum Gasteiger partial charge on any atom is -0.360 e. The van der Waals surface area contributed by atoms with Crippen molar-refractivity contribution in [2.75, 3.05) is 11.9 Å². The van der Waals surface area contributed by atoms with Crippen LogP contribution in [0.4, 0.5) is 10.1 Å². The summed E-state index contributed by atoms with van der Waals surface area (Å²) in [6.45, 7) is 11.3. The maximum Gasteiger partial charge on any atom is 0.129 e. The van der Waals surface area contributed by atoms with Crippen LogP contribution < -0.4 is 10.2 Å². The van der Waals surface area contributed by atoms with Crippen molar-refractivity contribution in [2.45, 2.75) is 52.7 Å². The molecule has 20 heavy (non-hydrogen) atoms.